The number of carbonyl (C=O) groups is 2. The fourth-order valence-corrected chi connectivity index (χ4v) is 3.79. The standard InChI is InChI=1S/C23H29N3O2/c1-24-22(27)20-13-11-18(12-14-20)17-25(2)21(19-9-5-3-6-10-19)23(28)26-15-7-4-8-16-26/h3,5-6,9-14,21H,4,7-8,15-17H2,1-2H3,(H,24,27)/t21-/m0/s1. The first-order valence-corrected chi connectivity index (χ1v) is 9.95. The molecule has 2 aromatic carbocycles. The highest BCUT2D eigenvalue weighted by atomic mass is 16.2. The van der Waals surface area contributed by atoms with E-state index in [9.17, 15) is 9.59 Å². The van der Waals surface area contributed by atoms with Crippen LogP contribution in [0.25, 0.3) is 0 Å². The van der Waals surface area contributed by atoms with Gasteiger partial charge in [0.2, 0.25) is 5.91 Å². The maximum absolute atomic E-state index is 13.3. The lowest BCUT2D eigenvalue weighted by Gasteiger charge is -2.34. The molecule has 1 fully saturated rings. The van der Waals surface area contributed by atoms with Crippen LogP contribution in [-0.2, 0) is 11.3 Å². The van der Waals surface area contributed by atoms with Crippen LogP contribution in [0.4, 0.5) is 0 Å². The Hall–Kier alpha value is -2.66. The van der Waals surface area contributed by atoms with Gasteiger partial charge in [0.1, 0.15) is 6.04 Å². The first-order valence-electron chi connectivity index (χ1n) is 9.95. The largest absolute Gasteiger partial charge is 0.355 e. The van der Waals surface area contributed by atoms with Gasteiger partial charge in [0.15, 0.2) is 0 Å². The van der Waals surface area contributed by atoms with Crippen LogP contribution in [0.15, 0.2) is 54.6 Å². The van der Waals surface area contributed by atoms with Crippen molar-refractivity contribution < 1.29 is 9.59 Å². The Labute approximate surface area is 167 Å². The van der Waals surface area contributed by atoms with Crippen molar-refractivity contribution in [1.29, 1.82) is 0 Å². The predicted molar refractivity (Wildman–Crippen MR) is 111 cm³/mol. The smallest absolute Gasteiger partial charge is 0.251 e. The molecule has 1 aliphatic rings. The van der Waals surface area contributed by atoms with E-state index in [1.54, 1.807) is 7.05 Å². The molecule has 0 bridgehead atoms. The molecule has 1 atom stereocenters. The molecule has 148 valence electrons. The SMILES string of the molecule is CNC(=O)c1ccc(CN(C)[C@H](C(=O)N2CCCCC2)c2ccccc2)cc1. The Bertz CT molecular complexity index is 783. The van der Waals surface area contributed by atoms with Crippen LogP contribution in [0, 0.1) is 0 Å². The van der Waals surface area contributed by atoms with Crippen LogP contribution in [0.5, 0.6) is 0 Å². The third-order valence-corrected chi connectivity index (χ3v) is 5.33. The average Bonchev–Trinajstić information content (AvgIpc) is 2.75. The second kappa shape index (κ2) is 9.51. The molecule has 0 aromatic heterocycles. The van der Waals surface area contributed by atoms with E-state index in [0.717, 1.165) is 37.1 Å². The lowest BCUT2D eigenvalue weighted by molar-refractivity contribution is -0.138. The molecular formula is C23H29N3O2. The van der Waals surface area contributed by atoms with Gasteiger partial charge in [-0.25, -0.2) is 0 Å². The highest BCUT2D eigenvalue weighted by Gasteiger charge is 2.30. The molecule has 1 N–H and O–H groups in total. The van der Waals surface area contributed by atoms with Crippen LogP contribution in [0.2, 0.25) is 0 Å². The summed E-state index contributed by atoms with van der Waals surface area (Å²) in [4.78, 5) is 29.2. The van der Waals surface area contributed by atoms with Gasteiger partial charge in [-0.3, -0.25) is 14.5 Å². The highest BCUT2D eigenvalue weighted by molar-refractivity contribution is 5.93. The predicted octanol–water partition coefficient (Wildman–Crippen LogP) is 3.23. The van der Waals surface area contributed by atoms with E-state index in [4.69, 9.17) is 0 Å². The van der Waals surface area contributed by atoms with Crippen LogP contribution >= 0.6 is 0 Å². The van der Waals surface area contributed by atoms with Crippen LogP contribution in [-0.4, -0.2) is 48.8 Å². The number of likely N-dealkylation sites (N-methyl/N-ethyl adjacent to an activating group) is 1. The minimum absolute atomic E-state index is 0.0951. The van der Waals surface area contributed by atoms with E-state index in [2.05, 4.69) is 10.2 Å². The number of likely N-dealkylation sites (tertiary alicyclic amines) is 1. The van der Waals surface area contributed by atoms with Crippen molar-refractivity contribution in [3.05, 3.63) is 71.3 Å². The third kappa shape index (κ3) is 4.78. The molecule has 0 saturated carbocycles. The van der Waals surface area contributed by atoms with Crippen molar-refractivity contribution in [1.82, 2.24) is 15.1 Å². The molecular weight excluding hydrogens is 350 g/mol. The highest BCUT2D eigenvalue weighted by Crippen LogP contribution is 2.25. The summed E-state index contributed by atoms with van der Waals surface area (Å²) in [7, 11) is 3.62. The topological polar surface area (TPSA) is 52.7 Å². The summed E-state index contributed by atoms with van der Waals surface area (Å²) in [5.41, 5.74) is 2.72. The third-order valence-electron chi connectivity index (χ3n) is 5.33. The van der Waals surface area contributed by atoms with Gasteiger partial charge in [0.05, 0.1) is 0 Å². The van der Waals surface area contributed by atoms with E-state index in [0.29, 0.717) is 12.1 Å². The molecule has 0 radical (unpaired) electrons. The number of hydrogen-bond acceptors (Lipinski definition) is 3. The monoisotopic (exact) mass is 379 g/mol. The molecule has 0 unspecified atom stereocenters. The van der Waals surface area contributed by atoms with Gasteiger partial charge in [-0.05, 0) is 49.6 Å². The quantitative estimate of drug-likeness (QED) is 0.838. The van der Waals surface area contributed by atoms with Gasteiger partial charge < -0.3 is 10.2 Å². The first-order chi connectivity index (χ1) is 13.6. The Morgan fingerprint density at radius 3 is 2.25 bits per heavy atom. The Balaban J connectivity index is 1.79. The van der Waals surface area contributed by atoms with E-state index in [1.165, 1.54) is 6.42 Å². The van der Waals surface area contributed by atoms with E-state index < -0.39 is 0 Å². The second-order valence-corrected chi connectivity index (χ2v) is 7.39. The molecule has 28 heavy (non-hydrogen) atoms. The van der Waals surface area contributed by atoms with Crippen LogP contribution < -0.4 is 5.32 Å². The minimum atomic E-state index is -0.307. The van der Waals surface area contributed by atoms with Gasteiger partial charge in [-0.2, -0.15) is 0 Å². The van der Waals surface area contributed by atoms with E-state index in [-0.39, 0.29) is 17.9 Å². The van der Waals surface area contributed by atoms with E-state index >= 15 is 0 Å². The maximum atomic E-state index is 13.3. The van der Waals surface area contributed by atoms with Gasteiger partial charge in [0, 0.05) is 32.2 Å². The lowest BCUT2D eigenvalue weighted by Crippen LogP contribution is -2.43. The van der Waals surface area contributed by atoms with E-state index in [1.807, 2.05) is 66.5 Å². The van der Waals surface area contributed by atoms with Crippen molar-refractivity contribution in [2.75, 3.05) is 27.2 Å². The van der Waals surface area contributed by atoms with Crippen molar-refractivity contribution in [3.8, 4) is 0 Å². The summed E-state index contributed by atoms with van der Waals surface area (Å²) in [5.74, 6) is 0.0812. The molecule has 0 spiro atoms. The number of amides is 2. The molecule has 2 aromatic rings. The number of benzene rings is 2. The zero-order valence-electron chi connectivity index (χ0n) is 16.7. The number of piperidine rings is 1. The average molecular weight is 380 g/mol. The zero-order chi connectivity index (χ0) is 19.9. The summed E-state index contributed by atoms with van der Waals surface area (Å²) < 4.78 is 0. The zero-order valence-corrected chi connectivity index (χ0v) is 16.7. The van der Waals surface area contributed by atoms with Crippen molar-refractivity contribution in [2.24, 2.45) is 0 Å². The maximum Gasteiger partial charge on any atom is 0.251 e. The fourth-order valence-electron chi connectivity index (χ4n) is 3.79. The fraction of sp³-hybridized carbons (Fsp3) is 0.391. The van der Waals surface area contributed by atoms with Gasteiger partial charge >= 0.3 is 0 Å². The second-order valence-electron chi connectivity index (χ2n) is 7.39. The lowest BCUT2D eigenvalue weighted by atomic mass is 10.0. The number of rotatable bonds is 6. The molecule has 1 saturated heterocycles. The summed E-state index contributed by atoms with van der Waals surface area (Å²) in [5, 5.41) is 2.63. The summed E-state index contributed by atoms with van der Waals surface area (Å²) in [6, 6.07) is 17.2. The first kappa shape index (κ1) is 20.1. The Kier molecular flexibility index (Phi) is 6.82. The molecule has 5 heteroatoms. The summed E-state index contributed by atoms with van der Waals surface area (Å²) in [6.07, 6.45) is 3.36. The number of hydrogen-bond donors (Lipinski definition) is 1. The van der Waals surface area contributed by atoms with Crippen molar-refractivity contribution >= 4 is 11.8 Å². The minimum Gasteiger partial charge on any atom is -0.355 e. The summed E-state index contributed by atoms with van der Waals surface area (Å²) >= 11 is 0. The number of nitrogens with one attached hydrogen (secondary N) is 1. The summed E-state index contributed by atoms with van der Waals surface area (Å²) in [6.45, 7) is 2.32. The molecule has 0 aliphatic carbocycles. The van der Waals surface area contributed by atoms with Gasteiger partial charge in [0.25, 0.3) is 5.91 Å². The number of carbonyl (C=O) groups excluding carboxylic acids is 2. The molecule has 1 heterocycles. The molecule has 5 nitrogen and oxygen atoms in total. The van der Waals surface area contributed by atoms with Crippen LogP contribution in [0.3, 0.4) is 0 Å². The van der Waals surface area contributed by atoms with Crippen LogP contribution in [0.1, 0.15) is 46.8 Å². The molecule has 1 aliphatic heterocycles. The molecule has 3 rings (SSSR count). The normalized spacial score (nSPS) is 15.3. The van der Waals surface area contributed by atoms with Crippen molar-refractivity contribution in [2.45, 2.75) is 31.8 Å². The Morgan fingerprint density at radius 1 is 1.00 bits per heavy atom. The van der Waals surface area contributed by atoms with Gasteiger partial charge in [-0.15, -0.1) is 0 Å². The number of nitrogens with zero attached hydrogens (tertiary/aromatic N) is 2. The Morgan fingerprint density at radius 2 is 1.64 bits per heavy atom. The van der Waals surface area contributed by atoms with Crippen molar-refractivity contribution in [3.63, 3.8) is 0 Å². The molecule has 2 amide bonds. The van der Waals surface area contributed by atoms with Gasteiger partial charge in [-0.1, -0.05) is 42.5 Å².